The first kappa shape index (κ1) is 15.5. The fraction of sp³-hybridized carbons (Fsp3) is 0.357. The first-order valence-corrected chi connectivity index (χ1v) is 8.43. The molecule has 0 aliphatic carbocycles. The molecule has 0 fully saturated rings. The van der Waals surface area contributed by atoms with E-state index in [-0.39, 0.29) is 0 Å². The van der Waals surface area contributed by atoms with E-state index in [4.69, 9.17) is 5.73 Å². The number of nitrogens with two attached hydrogens (primary N) is 1. The van der Waals surface area contributed by atoms with Crippen molar-refractivity contribution in [1.82, 2.24) is 9.71 Å². The highest BCUT2D eigenvalue weighted by molar-refractivity contribution is 7.88. The first-order chi connectivity index (χ1) is 9.68. The van der Waals surface area contributed by atoms with Crippen LogP contribution in [0.25, 0.3) is 10.9 Å². The van der Waals surface area contributed by atoms with Gasteiger partial charge in [0.2, 0.25) is 10.0 Å². The molecule has 0 atom stereocenters. The van der Waals surface area contributed by atoms with Gasteiger partial charge in [0, 0.05) is 29.4 Å². The van der Waals surface area contributed by atoms with Crippen LogP contribution in [-0.4, -0.2) is 31.7 Å². The summed E-state index contributed by atoms with van der Waals surface area (Å²) in [5.41, 5.74) is 7.52. The molecule has 21 heavy (non-hydrogen) atoms. The number of sulfonamides is 1. The van der Waals surface area contributed by atoms with Crippen LogP contribution in [0.2, 0.25) is 0 Å². The van der Waals surface area contributed by atoms with E-state index in [9.17, 15) is 8.42 Å². The Morgan fingerprint density at radius 3 is 2.67 bits per heavy atom. The molecule has 1 heterocycles. The van der Waals surface area contributed by atoms with E-state index in [0.717, 1.165) is 22.8 Å². The zero-order valence-corrected chi connectivity index (χ0v) is 13.2. The molecule has 7 heteroatoms. The number of fused-ring (bicyclic) bond motifs is 1. The van der Waals surface area contributed by atoms with Gasteiger partial charge in [-0.25, -0.2) is 13.1 Å². The van der Waals surface area contributed by atoms with Crippen molar-refractivity contribution in [2.24, 2.45) is 0 Å². The molecule has 4 N–H and O–H groups in total. The lowest BCUT2D eigenvalue weighted by Crippen LogP contribution is -2.47. The van der Waals surface area contributed by atoms with Crippen molar-refractivity contribution in [3.8, 4) is 0 Å². The molecule has 0 aliphatic rings. The molecule has 0 bridgehead atoms. The Hall–Kier alpha value is -1.86. The summed E-state index contributed by atoms with van der Waals surface area (Å²) in [4.78, 5) is 4.27. The van der Waals surface area contributed by atoms with Crippen LogP contribution in [-0.2, 0) is 10.0 Å². The van der Waals surface area contributed by atoms with Gasteiger partial charge >= 0.3 is 0 Å². The number of aromatic nitrogens is 1. The quantitative estimate of drug-likeness (QED) is 0.728. The molecule has 1 aromatic carbocycles. The molecule has 0 amide bonds. The van der Waals surface area contributed by atoms with E-state index in [0.29, 0.717) is 12.2 Å². The van der Waals surface area contributed by atoms with Crippen molar-refractivity contribution >= 4 is 32.3 Å². The molecule has 0 saturated heterocycles. The number of nitrogen functional groups attached to an aromatic ring is 1. The number of pyridine rings is 1. The van der Waals surface area contributed by atoms with Crippen molar-refractivity contribution in [2.45, 2.75) is 19.4 Å². The maximum absolute atomic E-state index is 11.3. The lowest BCUT2D eigenvalue weighted by molar-refractivity contribution is 0.476. The molecule has 0 aliphatic heterocycles. The normalized spacial score (nSPS) is 12.5. The van der Waals surface area contributed by atoms with Crippen LogP contribution in [0, 0.1) is 0 Å². The van der Waals surface area contributed by atoms with Gasteiger partial charge < -0.3 is 11.1 Å². The molecular formula is C14H20N4O2S. The fourth-order valence-electron chi connectivity index (χ4n) is 2.21. The summed E-state index contributed by atoms with van der Waals surface area (Å²) in [6.07, 6.45) is 2.83. The summed E-state index contributed by atoms with van der Waals surface area (Å²) in [6.45, 7) is 4.07. The minimum absolute atomic E-state index is 0.438. The van der Waals surface area contributed by atoms with E-state index in [2.05, 4.69) is 15.0 Å². The zero-order chi connectivity index (χ0) is 15.7. The lowest BCUT2D eigenvalue weighted by Gasteiger charge is -2.26. The van der Waals surface area contributed by atoms with Crippen LogP contribution in [0.3, 0.4) is 0 Å². The van der Waals surface area contributed by atoms with Crippen LogP contribution in [0.4, 0.5) is 11.4 Å². The number of para-hydroxylation sites is 1. The van der Waals surface area contributed by atoms with Crippen LogP contribution in [0.1, 0.15) is 13.8 Å². The van der Waals surface area contributed by atoms with E-state index in [1.807, 2.05) is 32.0 Å². The minimum Gasteiger partial charge on any atom is -0.397 e. The summed E-state index contributed by atoms with van der Waals surface area (Å²) in [5, 5.41) is 4.17. The van der Waals surface area contributed by atoms with E-state index in [1.54, 1.807) is 12.3 Å². The van der Waals surface area contributed by atoms with Crippen LogP contribution in [0.5, 0.6) is 0 Å². The average Bonchev–Trinajstić information content (AvgIpc) is 2.34. The number of rotatable bonds is 5. The monoisotopic (exact) mass is 308 g/mol. The molecular weight excluding hydrogens is 288 g/mol. The van der Waals surface area contributed by atoms with Gasteiger partial charge in [-0.15, -0.1) is 0 Å². The number of hydrogen-bond donors (Lipinski definition) is 3. The van der Waals surface area contributed by atoms with Crippen LogP contribution >= 0.6 is 0 Å². The minimum atomic E-state index is -3.26. The van der Waals surface area contributed by atoms with Crippen molar-refractivity contribution in [3.05, 3.63) is 30.5 Å². The third-order valence-corrected chi connectivity index (χ3v) is 3.91. The number of anilines is 2. The number of benzene rings is 1. The molecule has 0 saturated carbocycles. The Morgan fingerprint density at radius 1 is 1.29 bits per heavy atom. The highest BCUT2D eigenvalue weighted by atomic mass is 32.2. The first-order valence-electron chi connectivity index (χ1n) is 6.54. The molecule has 2 aromatic rings. The second-order valence-electron chi connectivity index (χ2n) is 5.71. The molecule has 0 radical (unpaired) electrons. The van der Waals surface area contributed by atoms with Gasteiger partial charge in [-0.1, -0.05) is 12.1 Å². The largest absolute Gasteiger partial charge is 0.397 e. The molecule has 114 valence electrons. The predicted octanol–water partition coefficient (Wildman–Crippen LogP) is 1.56. The lowest BCUT2D eigenvalue weighted by atomic mass is 10.1. The third-order valence-electron chi connectivity index (χ3n) is 2.98. The zero-order valence-electron chi connectivity index (χ0n) is 12.3. The maximum atomic E-state index is 11.3. The molecule has 1 aromatic heterocycles. The molecule has 0 unspecified atom stereocenters. The van der Waals surface area contributed by atoms with Gasteiger partial charge in [-0.2, -0.15) is 0 Å². The van der Waals surface area contributed by atoms with Crippen LogP contribution in [0.15, 0.2) is 30.5 Å². The predicted molar refractivity (Wildman–Crippen MR) is 86.7 cm³/mol. The van der Waals surface area contributed by atoms with Gasteiger partial charge in [0.25, 0.3) is 0 Å². The summed E-state index contributed by atoms with van der Waals surface area (Å²) >= 11 is 0. The smallest absolute Gasteiger partial charge is 0.209 e. The Labute approximate surface area is 124 Å². The van der Waals surface area contributed by atoms with Gasteiger partial charge in [0.15, 0.2) is 0 Å². The average molecular weight is 308 g/mol. The Morgan fingerprint density at radius 2 is 2.00 bits per heavy atom. The van der Waals surface area contributed by atoms with E-state index in [1.165, 1.54) is 0 Å². The van der Waals surface area contributed by atoms with Crippen LogP contribution < -0.4 is 15.8 Å². The highest BCUT2D eigenvalue weighted by Crippen LogP contribution is 2.25. The topological polar surface area (TPSA) is 97.1 Å². The van der Waals surface area contributed by atoms with Crippen molar-refractivity contribution in [1.29, 1.82) is 0 Å². The highest BCUT2D eigenvalue weighted by Gasteiger charge is 2.22. The Bertz CT molecular complexity index is 757. The summed E-state index contributed by atoms with van der Waals surface area (Å²) in [6, 6.07) is 7.44. The third kappa shape index (κ3) is 4.05. The Balaban J connectivity index is 2.23. The SMILES string of the molecule is CC(C)(CNc1ccnc2c(N)cccc12)NS(C)(=O)=O. The van der Waals surface area contributed by atoms with Crippen molar-refractivity contribution in [3.63, 3.8) is 0 Å². The van der Waals surface area contributed by atoms with E-state index < -0.39 is 15.6 Å². The van der Waals surface area contributed by atoms with Crippen molar-refractivity contribution < 1.29 is 8.42 Å². The number of nitrogens with zero attached hydrogens (tertiary/aromatic N) is 1. The van der Waals surface area contributed by atoms with Gasteiger partial charge in [0.05, 0.1) is 17.5 Å². The summed E-state index contributed by atoms with van der Waals surface area (Å²) < 4.78 is 25.3. The summed E-state index contributed by atoms with van der Waals surface area (Å²) in [5.74, 6) is 0. The molecule has 2 rings (SSSR count). The molecule has 6 nitrogen and oxygen atoms in total. The van der Waals surface area contributed by atoms with Gasteiger partial charge in [-0.05, 0) is 26.0 Å². The standard InChI is InChI=1S/C14H20N4O2S/c1-14(2,18-21(3,19)20)9-17-12-7-8-16-13-10(12)5-4-6-11(13)15/h4-8,18H,9,15H2,1-3H3,(H,16,17). The second kappa shape index (κ2) is 5.50. The molecule has 0 spiro atoms. The number of hydrogen-bond acceptors (Lipinski definition) is 5. The maximum Gasteiger partial charge on any atom is 0.209 e. The van der Waals surface area contributed by atoms with E-state index >= 15 is 0 Å². The second-order valence-corrected chi connectivity index (χ2v) is 7.46. The fourth-order valence-corrected chi connectivity index (χ4v) is 3.28. The number of nitrogens with one attached hydrogen (secondary N) is 2. The van der Waals surface area contributed by atoms with Gasteiger partial charge in [0.1, 0.15) is 0 Å². The Kier molecular flexibility index (Phi) is 4.06. The van der Waals surface area contributed by atoms with Gasteiger partial charge in [-0.3, -0.25) is 4.98 Å². The van der Waals surface area contributed by atoms with Crippen molar-refractivity contribution in [2.75, 3.05) is 23.9 Å². The summed E-state index contributed by atoms with van der Waals surface area (Å²) in [7, 11) is -3.26.